The molecule has 2 aromatic heterocycles. The number of hydrogen-bond acceptors (Lipinski definition) is 3. The second kappa shape index (κ2) is 3.86. The maximum Gasteiger partial charge on any atom is 0.355 e. The van der Waals surface area contributed by atoms with Crippen molar-refractivity contribution in [3.05, 3.63) is 40.8 Å². The van der Waals surface area contributed by atoms with Gasteiger partial charge in [-0.25, -0.2) is 9.78 Å². The highest BCUT2D eigenvalue weighted by molar-refractivity contribution is 9.10. The summed E-state index contributed by atoms with van der Waals surface area (Å²) in [4.78, 5) is 14.7. The van der Waals surface area contributed by atoms with Gasteiger partial charge in [0.25, 0.3) is 0 Å². The number of aromatic carboxylic acids is 1. The van der Waals surface area contributed by atoms with Crippen LogP contribution >= 0.6 is 15.9 Å². The summed E-state index contributed by atoms with van der Waals surface area (Å²) in [7, 11) is 0. The van der Waals surface area contributed by atoms with E-state index in [9.17, 15) is 4.79 Å². The molecule has 4 nitrogen and oxygen atoms in total. The Labute approximate surface area is 93.7 Å². The van der Waals surface area contributed by atoms with Crippen molar-refractivity contribution in [1.29, 1.82) is 0 Å². The smallest absolute Gasteiger partial charge is 0.355 e. The molecule has 0 saturated heterocycles. The molecule has 0 atom stereocenters. The van der Waals surface area contributed by atoms with E-state index in [0.29, 0.717) is 15.8 Å². The van der Waals surface area contributed by atoms with E-state index in [-0.39, 0.29) is 5.69 Å². The van der Waals surface area contributed by atoms with Crippen molar-refractivity contribution in [3.8, 4) is 11.3 Å². The minimum absolute atomic E-state index is 0.0202. The van der Waals surface area contributed by atoms with Gasteiger partial charge in [0.05, 0.1) is 16.3 Å². The van der Waals surface area contributed by atoms with Crippen molar-refractivity contribution in [2.75, 3.05) is 0 Å². The highest BCUT2D eigenvalue weighted by Crippen LogP contribution is 2.30. The number of carboxylic acids is 1. The molecule has 15 heavy (non-hydrogen) atoms. The molecule has 0 radical (unpaired) electrons. The Morgan fingerprint density at radius 2 is 2.27 bits per heavy atom. The fourth-order valence-electron chi connectivity index (χ4n) is 1.24. The van der Waals surface area contributed by atoms with Crippen molar-refractivity contribution in [2.45, 2.75) is 0 Å². The molecule has 0 bridgehead atoms. The summed E-state index contributed by atoms with van der Waals surface area (Å²) in [6.07, 6.45) is 2.92. The lowest BCUT2D eigenvalue weighted by Crippen LogP contribution is -2.02. The maximum absolute atomic E-state index is 10.9. The number of hydrogen-bond donors (Lipinski definition) is 1. The quantitative estimate of drug-likeness (QED) is 0.909. The Hall–Kier alpha value is -1.62. The maximum atomic E-state index is 10.9. The lowest BCUT2D eigenvalue weighted by molar-refractivity contribution is 0.0691. The second-order valence-corrected chi connectivity index (χ2v) is 3.66. The average molecular weight is 268 g/mol. The molecule has 0 aliphatic carbocycles. The first-order valence-corrected chi connectivity index (χ1v) is 4.91. The normalized spacial score (nSPS) is 10.2. The van der Waals surface area contributed by atoms with Crippen molar-refractivity contribution < 1.29 is 14.3 Å². The average Bonchev–Trinajstić information content (AvgIpc) is 2.64. The van der Waals surface area contributed by atoms with Crippen LogP contribution in [-0.2, 0) is 0 Å². The van der Waals surface area contributed by atoms with E-state index in [0.717, 1.165) is 0 Å². The van der Waals surface area contributed by atoms with Gasteiger partial charge in [0.2, 0.25) is 0 Å². The molecule has 2 heterocycles. The van der Waals surface area contributed by atoms with Gasteiger partial charge in [0.15, 0.2) is 5.69 Å². The van der Waals surface area contributed by atoms with Crippen LogP contribution in [-0.4, -0.2) is 16.1 Å². The Kier molecular flexibility index (Phi) is 2.55. The molecule has 2 rings (SSSR count). The molecular weight excluding hydrogens is 262 g/mol. The molecule has 2 aromatic rings. The van der Waals surface area contributed by atoms with Gasteiger partial charge in [-0.3, -0.25) is 0 Å². The van der Waals surface area contributed by atoms with Crippen LogP contribution in [0.3, 0.4) is 0 Å². The number of halogens is 1. The van der Waals surface area contributed by atoms with Crippen LogP contribution in [0, 0.1) is 0 Å². The molecule has 0 unspecified atom stereocenters. The fourth-order valence-corrected chi connectivity index (χ4v) is 1.66. The van der Waals surface area contributed by atoms with Crippen LogP contribution in [0.2, 0.25) is 0 Å². The van der Waals surface area contributed by atoms with Gasteiger partial charge < -0.3 is 9.52 Å². The summed E-state index contributed by atoms with van der Waals surface area (Å²) in [6.45, 7) is 0. The zero-order valence-electron chi connectivity index (χ0n) is 7.48. The minimum Gasteiger partial charge on any atom is -0.476 e. The first-order valence-electron chi connectivity index (χ1n) is 4.12. The zero-order valence-corrected chi connectivity index (χ0v) is 9.06. The van der Waals surface area contributed by atoms with Crippen LogP contribution in [0.1, 0.15) is 10.5 Å². The molecule has 5 heteroatoms. The molecule has 0 aliphatic rings. The van der Waals surface area contributed by atoms with E-state index >= 15 is 0 Å². The van der Waals surface area contributed by atoms with Gasteiger partial charge in [0, 0.05) is 6.20 Å². The van der Waals surface area contributed by atoms with Crippen molar-refractivity contribution in [2.24, 2.45) is 0 Å². The van der Waals surface area contributed by atoms with Gasteiger partial charge in [-0.2, -0.15) is 0 Å². The number of rotatable bonds is 2. The van der Waals surface area contributed by atoms with Gasteiger partial charge in [-0.05, 0) is 34.1 Å². The molecule has 0 aliphatic heterocycles. The topological polar surface area (TPSA) is 63.3 Å². The number of furan rings is 1. The number of carboxylic acid groups (broad SMARTS) is 1. The number of carbonyl (C=O) groups is 1. The van der Waals surface area contributed by atoms with E-state index in [1.165, 1.54) is 12.5 Å². The Balaban J connectivity index is 2.63. The molecule has 0 aromatic carbocycles. The summed E-state index contributed by atoms with van der Waals surface area (Å²) in [6, 6.07) is 5.02. The molecule has 76 valence electrons. The van der Waals surface area contributed by atoms with E-state index in [1.807, 2.05) is 0 Å². The lowest BCUT2D eigenvalue weighted by atomic mass is 10.1. The number of nitrogens with zero attached hydrogens (tertiary/aromatic N) is 1. The summed E-state index contributed by atoms with van der Waals surface area (Å²) in [5.41, 5.74) is 0.440. The SMILES string of the molecule is O=C(O)c1ncccc1-c1occc1Br. The fraction of sp³-hybridized carbons (Fsp3) is 0. The number of aromatic nitrogens is 1. The predicted molar refractivity (Wildman–Crippen MR) is 56.6 cm³/mol. The van der Waals surface area contributed by atoms with E-state index in [4.69, 9.17) is 9.52 Å². The number of pyridine rings is 1. The summed E-state index contributed by atoms with van der Waals surface area (Å²) >= 11 is 3.27. The molecule has 0 fully saturated rings. The molecule has 0 amide bonds. The third-order valence-corrected chi connectivity index (χ3v) is 2.50. The van der Waals surface area contributed by atoms with Gasteiger partial charge in [-0.15, -0.1) is 0 Å². The monoisotopic (exact) mass is 267 g/mol. The van der Waals surface area contributed by atoms with Crippen molar-refractivity contribution in [3.63, 3.8) is 0 Å². The van der Waals surface area contributed by atoms with Gasteiger partial charge in [0.1, 0.15) is 5.76 Å². The van der Waals surface area contributed by atoms with E-state index in [2.05, 4.69) is 20.9 Å². The lowest BCUT2D eigenvalue weighted by Gasteiger charge is -2.01. The zero-order chi connectivity index (χ0) is 10.8. The van der Waals surface area contributed by atoms with Crippen LogP contribution in [0.4, 0.5) is 0 Å². The summed E-state index contributed by atoms with van der Waals surface area (Å²) in [5, 5.41) is 8.94. The van der Waals surface area contributed by atoms with Gasteiger partial charge in [-0.1, -0.05) is 0 Å². The second-order valence-electron chi connectivity index (χ2n) is 2.80. The summed E-state index contributed by atoms with van der Waals surface area (Å²) in [5.74, 6) is -0.602. The van der Waals surface area contributed by atoms with E-state index in [1.54, 1.807) is 18.2 Å². The van der Waals surface area contributed by atoms with Crippen molar-refractivity contribution in [1.82, 2.24) is 4.98 Å². The van der Waals surface area contributed by atoms with Gasteiger partial charge >= 0.3 is 5.97 Å². The largest absolute Gasteiger partial charge is 0.476 e. The van der Waals surface area contributed by atoms with E-state index < -0.39 is 5.97 Å². The highest BCUT2D eigenvalue weighted by atomic mass is 79.9. The van der Waals surface area contributed by atoms with Crippen LogP contribution in [0.25, 0.3) is 11.3 Å². The molecular formula is C10H6BrNO3. The first-order chi connectivity index (χ1) is 7.20. The van der Waals surface area contributed by atoms with Crippen LogP contribution in [0.15, 0.2) is 39.5 Å². The molecule has 0 spiro atoms. The van der Waals surface area contributed by atoms with Crippen LogP contribution in [0.5, 0.6) is 0 Å². The standard InChI is InChI=1S/C10H6BrNO3/c11-7-3-5-15-9(7)6-2-1-4-12-8(6)10(13)14/h1-5H,(H,13,14). The Morgan fingerprint density at radius 1 is 1.47 bits per heavy atom. The first kappa shape index (κ1) is 9.92. The Morgan fingerprint density at radius 3 is 2.87 bits per heavy atom. The molecule has 0 saturated carbocycles. The van der Waals surface area contributed by atoms with Crippen molar-refractivity contribution >= 4 is 21.9 Å². The minimum atomic E-state index is -1.08. The van der Waals surface area contributed by atoms with Crippen LogP contribution < -0.4 is 0 Å². The summed E-state index contributed by atoms with van der Waals surface area (Å²) < 4.78 is 5.90. The Bertz CT molecular complexity index is 507. The predicted octanol–water partition coefficient (Wildman–Crippen LogP) is 2.80. The highest BCUT2D eigenvalue weighted by Gasteiger charge is 2.16. The molecule has 1 N–H and O–H groups in total. The third kappa shape index (κ3) is 1.78. The third-order valence-electron chi connectivity index (χ3n) is 1.87.